The van der Waals surface area contributed by atoms with Gasteiger partial charge in [-0.2, -0.15) is 8.42 Å². The SMILES string of the molecule is CCCCc1cccnc1C(CCS(=O)(=O)O)N1c2ccccc2Oc2ccccc21. The van der Waals surface area contributed by atoms with Crippen molar-refractivity contribution < 1.29 is 17.7 Å². The monoisotopic (exact) mass is 438 g/mol. The molecule has 1 unspecified atom stereocenters. The van der Waals surface area contributed by atoms with E-state index in [2.05, 4.69) is 17.9 Å². The Labute approximate surface area is 183 Å². The second kappa shape index (κ2) is 9.08. The second-order valence-electron chi connectivity index (χ2n) is 7.65. The number of aryl methyl sites for hydroxylation is 1. The van der Waals surface area contributed by atoms with Crippen LogP contribution in [0.15, 0.2) is 66.9 Å². The lowest BCUT2D eigenvalue weighted by atomic mass is 9.97. The predicted octanol–water partition coefficient (Wildman–Crippen LogP) is 5.69. The van der Waals surface area contributed by atoms with Crippen molar-refractivity contribution in [3.8, 4) is 11.5 Å². The molecule has 162 valence electrons. The molecule has 6 nitrogen and oxygen atoms in total. The van der Waals surface area contributed by atoms with Crippen LogP contribution in [0.2, 0.25) is 0 Å². The molecule has 1 atom stereocenters. The summed E-state index contributed by atoms with van der Waals surface area (Å²) in [5.41, 5.74) is 3.60. The van der Waals surface area contributed by atoms with Crippen LogP contribution in [0.1, 0.15) is 43.5 Å². The molecule has 0 fully saturated rings. The third-order valence-corrected chi connectivity index (χ3v) is 6.22. The summed E-state index contributed by atoms with van der Waals surface area (Å²) in [7, 11) is -4.14. The summed E-state index contributed by atoms with van der Waals surface area (Å²) >= 11 is 0. The molecule has 2 aromatic carbocycles. The number of hydrogen-bond donors (Lipinski definition) is 1. The van der Waals surface area contributed by atoms with Crippen molar-refractivity contribution in [2.45, 2.75) is 38.6 Å². The lowest BCUT2D eigenvalue weighted by Crippen LogP contribution is -2.30. The Morgan fingerprint density at radius 3 is 2.26 bits per heavy atom. The largest absolute Gasteiger partial charge is 0.453 e. The van der Waals surface area contributed by atoms with Crippen LogP contribution in [-0.2, 0) is 16.5 Å². The summed E-state index contributed by atoms with van der Waals surface area (Å²) in [6.45, 7) is 2.14. The molecule has 7 heteroatoms. The van der Waals surface area contributed by atoms with Gasteiger partial charge in [0.1, 0.15) is 0 Å². The van der Waals surface area contributed by atoms with Crippen LogP contribution in [0, 0.1) is 0 Å². The zero-order valence-electron chi connectivity index (χ0n) is 17.4. The fourth-order valence-electron chi connectivity index (χ4n) is 4.05. The number of para-hydroxylation sites is 4. The third-order valence-electron chi connectivity index (χ3n) is 5.47. The number of benzene rings is 2. The van der Waals surface area contributed by atoms with E-state index >= 15 is 0 Å². The molecule has 0 aliphatic carbocycles. The molecule has 1 aliphatic rings. The lowest BCUT2D eigenvalue weighted by molar-refractivity contribution is 0.459. The number of nitrogens with zero attached hydrogens (tertiary/aromatic N) is 2. The average Bonchev–Trinajstić information content (AvgIpc) is 2.77. The van der Waals surface area contributed by atoms with E-state index in [1.54, 1.807) is 6.20 Å². The highest BCUT2D eigenvalue weighted by Crippen LogP contribution is 2.50. The van der Waals surface area contributed by atoms with E-state index in [9.17, 15) is 13.0 Å². The average molecular weight is 439 g/mol. The topological polar surface area (TPSA) is 79.7 Å². The van der Waals surface area contributed by atoms with Gasteiger partial charge in [0.05, 0.1) is 28.9 Å². The highest BCUT2D eigenvalue weighted by Gasteiger charge is 2.33. The van der Waals surface area contributed by atoms with Gasteiger partial charge in [-0.15, -0.1) is 0 Å². The quantitative estimate of drug-likeness (QED) is 0.455. The number of anilines is 2. The minimum atomic E-state index is -4.14. The maximum Gasteiger partial charge on any atom is 0.264 e. The van der Waals surface area contributed by atoms with E-state index in [4.69, 9.17) is 9.72 Å². The lowest BCUT2D eigenvalue weighted by Gasteiger charge is -2.38. The van der Waals surface area contributed by atoms with Gasteiger partial charge in [0.25, 0.3) is 10.1 Å². The van der Waals surface area contributed by atoms with Crippen molar-refractivity contribution in [3.63, 3.8) is 0 Å². The standard InChI is InChI=1S/C24H26N2O4S/c1-2-3-9-18-10-8-16-25-24(18)21(15-17-31(27,28)29)26-19-11-4-6-13-22(19)30-23-14-7-5-12-20(23)26/h4-8,10-14,16,21H,2-3,9,15,17H2,1H3,(H,27,28,29). The molecule has 1 aromatic heterocycles. The fourth-order valence-corrected chi connectivity index (χ4v) is 4.57. The third kappa shape index (κ3) is 4.73. The zero-order valence-corrected chi connectivity index (χ0v) is 18.3. The van der Waals surface area contributed by atoms with E-state index < -0.39 is 10.1 Å². The normalized spacial score (nSPS) is 13.8. The summed E-state index contributed by atoms with van der Waals surface area (Å²) in [6.07, 6.45) is 4.85. The van der Waals surface area contributed by atoms with Crippen LogP contribution in [0.4, 0.5) is 11.4 Å². The molecule has 0 saturated carbocycles. The number of fused-ring (bicyclic) bond motifs is 2. The smallest absolute Gasteiger partial charge is 0.264 e. The van der Waals surface area contributed by atoms with Crippen LogP contribution < -0.4 is 9.64 Å². The zero-order chi connectivity index (χ0) is 21.8. The first kappa shape index (κ1) is 21.3. The van der Waals surface area contributed by atoms with Gasteiger partial charge in [-0.3, -0.25) is 9.54 Å². The number of aromatic nitrogens is 1. The molecule has 0 amide bonds. The van der Waals surface area contributed by atoms with Crippen LogP contribution in [0.5, 0.6) is 11.5 Å². The minimum absolute atomic E-state index is 0.192. The number of rotatable bonds is 8. The number of ether oxygens (including phenoxy) is 1. The summed E-state index contributed by atoms with van der Waals surface area (Å²) < 4.78 is 39.0. The van der Waals surface area contributed by atoms with E-state index in [1.807, 2.05) is 54.6 Å². The van der Waals surface area contributed by atoms with Gasteiger partial charge in [0, 0.05) is 6.20 Å². The first-order chi connectivity index (χ1) is 15.0. The van der Waals surface area contributed by atoms with Gasteiger partial charge in [0.2, 0.25) is 0 Å². The summed E-state index contributed by atoms with van der Waals surface area (Å²) in [4.78, 5) is 6.79. The minimum Gasteiger partial charge on any atom is -0.453 e. The van der Waals surface area contributed by atoms with Gasteiger partial charge < -0.3 is 9.64 Å². The molecule has 1 N–H and O–H groups in total. The first-order valence-electron chi connectivity index (χ1n) is 10.5. The summed E-state index contributed by atoms with van der Waals surface area (Å²) in [5, 5.41) is 0. The Hall–Kier alpha value is -2.90. The molecule has 0 spiro atoms. The molecule has 0 bridgehead atoms. The Morgan fingerprint density at radius 1 is 1.00 bits per heavy atom. The number of hydrogen-bond acceptors (Lipinski definition) is 5. The Balaban J connectivity index is 1.87. The Bertz CT molecular complexity index is 1120. The fraction of sp³-hybridized carbons (Fsp3) is 0.292. The molecular weight excluding hydrogens is 412 g/mol. The van der Waals surface area contributed by atoms with E-state index in [1.165, 1.54) is 0 Å². The molecule has 1 aliphatic heterocycles. The maximum absolute atomic E-state index is 11.7. The summed E-state index contributed by atoms with van der Waals surface area (Å²) in [5.74, 6) is 1.04. The van der Waals surface area contributed by atoms with E-state index in [0.29, 0.717) is 11.5 Å². The van der Waals surface area contributed by atoms with Crippen molar-refractivity contribution in [1.29, 1.82) is 0 Å². The molecule has 2 heterocycles. The van der Waals surface area contributed by atoms with Crippen molar-refractivity contribution in [2.24, 2.45) is 0 Å². The van der Waals surface area contributed by atoms with E-state index in [0.717, 1.165) is 41.9 Å². The van der Waals surface area contributed by atoms with Crippen LogP contribution in [0.3, 0.4) is 0 Å². The van der Waals surface area contributed by atoms with Crippen molar-refractivity contribution in [1.82, 2.24) is 4.98 Å². The Morgan fingerprint density at radius 2 is 1.65 bits per heavy atom. The van der Waals surface area contributed by atoms with Crippen molar-refractivity contribution in [3.05, 3.63) is 78.1 Å². The molecule has 0 saturated heterocycles. The number of pyridine rings is 1. The van der Waals surface area contributed by atoms with Gasteiger partial charge in [-0.05, 0) is 55.2 Å². The van der Waals surface area contributed by atoms with Crippen molar-refractivity contribution in [2.75, 3.05) is 10.7 Å². The Kier molecular flexibility index (Phi) is 6.25. The van der Waals surface area contributed by atoms with Crippen LogP contribution >= 0.6 is 0 Å². The second-order valence-corrected chi connectivity index (χ2v) is 9.22. The van der Waals surface area contributed by atoms with Gasteiger partial charge in [-0.25, -0.2) is 0 Å². The van der Waals surface area contributed by atoms with Gasteiger partial charge in [-0.1, -0.05) is 43.7 Å². The highest BCUT2D eigenvalue weighted by molar-refractivity contribution is 7.85. The molecule has 31 heavy (non-hydrogen) atoms. The van der Waals surface area contributed by atoms with Crippen LogP contribution in [-0.4, -0.2) is 23.7 Å². The van der Waals surface area contributed by atoms with Gasteiger partial charge >= 0.3 is 0 Å². The van der Waals surface area contributed by atoms with Gasteiger partial charge in [0.15, 0.2) is 11.5 Å². The molecule has 3 aromatic rings. The molecular formula is C24H26N2O4S. The molecule has 4 rings (SSSR count). The molecule has 0 radical (unpaired) electrons. The maximum atomic E-state index is 11.7. The first-order valence-corrected chi connectivity index (χ1v) is 12.1. The summed E-state index contributed by atoms with van der Waals surface area (Å²) in [6, 6.07) is 19.0. The predicted molar refractivity (Wildman–Crippen MR) is 122 cm³/mol. The van der Waals surface area contributed by atoms with Crippen LogP contribution in [0.25, 0.3) is 0 Å². The van der Waals surface area contributed by atoms with E-state index in [-0.39, 0.29) is 18.2 Å². The number of unbranched alkanes of at least 4 members (excludes halogenated alkanes) is 1. The highest BCUT2D eigenvalue weighted by atomic mass is 32.2. The van der Waals surface area contributed by atoms with Crippen molar-refractivity contribution >= 4 is 21.5 Å².